The third kappa shape index (κ3) is 5.11. The van der Waals surface area contributed by atoms with E-state index in [9.17, 15) is 4.79 Å². The normalized spacial score (nSPS) is 15.0. The monoisotopic (exact) mass is 484 g/mol. The fourth-order valence-electron chi connectivity index (χ4n) is 3.75. The van der Waals surface area contributed by atoms with Crippen LogP contribution in [-0.2, 0) is 11.2 Å². The van der Waals surface area contributed by atoms with Crippen LogP contribution < -0.4 is 0 Å². The second kappa shape index (κ2) is 10.3. The zero-order chi connectivity index (χ0) is 23.3. The quantitative estimate of drug-likeness (QED) is 0.330. The van der Waals surface area contributed by atoms with E-state index in [1.807, 2.05) is 53.6 Å². The fraction of sp³-hybridized carbons (Fsp3) is 0.185. The van der Waals surface area contributed by atoms with Crippen LogP contribution in [0.1, 0.15) is 16.9 Å². The largest absolute Gasteiger partial charge is 0.291 e. The number of amides is 1. The Bertz CT molecular complexity index is 1300. The Hall–Kier alpha value is -3.29. The Morgan fingerprint density at radius 3 is 2.62 bits per heavy atom. The summed E-state index contributed by atoms with van der Waals surface area (Å²) in [5.41, 5.74) is 4.90. The minimum absolute atomic E-state index is 0.0524. The van der Waals surface area contributed by atoms with E-state index in [1.54, 1.807) is 29.3 Å². The molecule has 170 valence electrons. The van der Waals surface area contributed by atoms with Gasteiger partial charge in [-0.1, -0.05) is 59.8 Å². The summed E-state index contributed by atoms with van der Waals surface area (Å²) >= 11 is 3.21. The van der Waals surface area contributed by atoms with Crippen LogP contribution in [0.15, 0.2) is 84.1 Å². The van der Waals surface area contributed by atoms with E-state index in [4.69, 9.17) is 9.98 Å². The number of aliphatic imine (C=N–C) groups is 1. The molecule has 1 amide bonds. The van der Waals surface area contributed by atoms with Crippen molar-refractivity contribution < 1.29 is 4.79 Å². The van der Waals surface area contributed by atoms with E-state index in [1.165, 1.54) is 5.56 Å². The summed E-state index contributed by atoms with van der Waals surface area (Å²) in [4.78, 5) is 30.3. The number of para-hydroxylation sites is 1. The van der Waals surface area contributed by atoms with Crippen LogP contribution in [0.25, 0.3) is 21.8 Å². The number of aromatic nitrogens is 2. The first-order chi connectivity index (χ1) is 16.7. The van der Waals surface area contributed by atoms with Gasteiger partial charge in [-0.3, -0.25) is 14.7 Å². The van der Waals surface area contributed by atoms with Gasteiger partial charge < -0.3 is 0 Å². The summed E-state index contributed by atoms with van der Waals surface area (Å²) in [5.74, 6) is 1.02. The third-order valence-corrected chi connectivity index (χ3v) is 7.68. The number of carbonyl (C=O) groups is 1. The Labute approximate surface area is 207 Å². The fourth-order valence-corrected chi connectivity index (χ4v) is 5.79. The molecule has 5 nitrogen and oxygen atoms in total. The molecule has 1 aliphatic rings. The van der Waals surface area contributed by atoms with Crippen LogP contribution in [0.3, 0.4) is 0 Å². The lowest BCUT2D eigenvalue weighted by Gasteiger charge is -2.27. The molecular weight excluding hydrogens is 460 g/mol. The van der Waals surface area contributed by atoms with Gasteiger partial charge in [0, 0.05) is 40.7 Å². The van der Waals surface area contributed by atoms with Gasteiger partial charge in [0.1, 0.15) is 5.01 Å². The van der Waals surface area contributed by atoms with Crippen molar-refractivity contribution in [2.75, 3.05) is 12.3 Å². The first-order valence-corrected chi connectivity index (χ1v) is 13.0. The standard InChI is InChI=1S/C27H24N4OS2/c1-19-10-12-20(13-11-19)25-23(34-26(30-25)21-7-5-14-28-18-21)17-24(32)31-15-6-16-33-27(31)29-22-8-3-2-4-9-22/h2-5,7-14,18H,6,15-17H2,1H3. The van der Waals surface area contributed by atoms with Gasteiger partial charge in [0.25, 0.3) is 0 Å². The second-order valence-corrected chi connectivity index (χ2v) is 10.2. The number of hydrogen-bond donors (Lipinski definition) is 0. The maximum atomic E-state index is 13.5. The smallest absolute Gasteiger partial charge is 0.233 e. The van der Waals surface area contributed by atoms with Gasteiger partial charge in [-0.25, -0.2) is 9.98 Å². The highest BCUT2D eigenvalue weighted by Crippen LogP contribution is 2.35. The van der Waals surface area contributed by atoms with Crippen molar-refractivity contribution in [2.45, 2.75) is 19.8 Å². The molecule has 2 aromatic carbocycles. The number of amidine groups is 1. The molecule has 0 bridgehead atoms. The van der Waals surface area contributed by atoms with Gasteiger partial charge in [0.2, 0.25) is 5.91 Å². The SMILES string of the molecule is Cc1ccc(-c2nc(-c3cccnc3)sc2CC(=O)N2CCCSC2=Nc2ccccc2)cc1. The lowest BCUT2D eigenvalue weighted by Crippen LogP contribution is -2.40. The van der Waals surface area contributed by atoms with Gasteiger partial charge in [-0.2, -0.15) is 0 Å². The zero-order valence-electron chi connectivity index (χ0n) is 18.8. The summed E-state index contributed by atoms with van der Waals surface area (Å²) in [6.07, 6.45) is 4.81. The maximum Gasteiger partial charge on any atom is 0.233 e. The van der Waals surface area contributed by atoms with Crippen LogP contribution in [-0.4, -0.2) is 38.2 Å². The van der Waals surface area contributed by atoms with Gasteiger partial charge in [-0.15, -0.1) is 11.3 Å². The number of benzene rings is 2. The number of aryl methyl sites for hydroxylation is 1. The summed E-state index contributed by atoms with van der Waals surface area (Å²) in [6.45, 7) is 2.75. The second-order valence-electron chi connectivity index (χ2n) is 8.05. The molecule has 0 radical (unpaired) electrons. The predicted octanol–water partition coefficient (Wildman–Crippen LogP) is 6.38. The predicted molar refractivity (Wildman–Crippen MR) is 142 cm³/mol. The van der Waals surface area contributed by atoms with Gasteiger partial charge in [0.05, 0.1) is 17.8 Å². The van der Waals surface area contributed by atoms with E-state index in [0.717, 1.165) is 49.7 Å². The van der Waals surface area contributed by atoms with Crippen molar-refractivity contribution in [3.63, 3.8) is 0 Å². The molecule has 0 N–H and O–H groups in total. The lowest BCUT2D eigenvalue weighted by molar-refractivity contribution is -0.126. The molecule has 0 unspecified atom stereocenters. The molecule has 34 heavy (non-hydrogen) atoms. The number of rotatable bonds is 5. The average molecular weight is 485 g/mol. The molecule has 3 heterocycles. The van der Waals surface area contributed by atoms with E-state index in [-0.39, 0.29) is 12.3 Å². The van der Waals surface area contributed by atoms with Crippen molar-refractivity contribution >= 4 is 39.9 Å². The van der Waals surface area contributed by atoms with Crippen molar-refractivity contribution in [1.82, 2.24) is 14.9 Å². The molecule has 1 saturated heterocycles. The Morgan fingerprint density at radius 1 is 1.03 bits per heavy atom. The minimum atomic E-state index is 0.0524. The van der Waals surface area contributed by atoms with Crippen LogP contribution in [0.4, 0.5) is 5.69 Å². The van der Waals surface area contributed by atoms with Gasteiger partial charge in [0.15, 0.2) is 5.17 Å². The Kier molecular flexibility index (Phi) is 6.83. The van der Waals surface area contributed by atoms with E-state index >= 15 is 0 Å². The van der Waals surface area contributed by atoms with Crippen molar-refractivity contribution in [3.05, 3.63) is 89.6 Å². The highest BCUT2D eigenvalue weighted by atomic mass is 32.2. The van der Waals surface area contributed by atoms with Crippen molar-refractivity contribution in [2.24, 2.45) is 4.99 Å². The van der Waals surface area contributed by atoms with Crippen LogP contribution in [0.5, 0.6) is 0 Å². The average Bonchev–Trinajstić information content (AvgIpc) is 3.29. The summed E-state index contributed by atoms with van der Waals surface area (Å²) < 4.78 is 0. The summed E-state index contributed by atoms with van der Waals surface area (Å²) in [6, 6.07) is 22.0. The van der Waals surface area contributed by atoms with Crippen LogP contribution in [0.2, 0.25) is 0 Å². The number of nitrogens with zero attached hydrogens (tertiary/aromatic N) is 4. The van der Waals surface area contributed by atoms with E-state index < -0.39 is 0 Å². The number of hydrogen-bond acceptors (Lipinski definition) is 6. The third-order valence-electron chi connectivity index (χ3n) is 5.51. The molecule has 2 aromatic heterocycles. The molecular formula is C27H24N4OS2. The molecule has 0 aliphatic carbocycles. The molecule has 1 aliphatic heterocycles. The first kappa shape index (κ1) is 22.5. The molecule has 0 atom stereocenters. The Morgan fingerprint density at radius 2 is 1.85 bits per heavy atom. The number of pyridine rings is 1. The molecule has 7 heteroatoms. The maximum absolute atomic E-state index is 13.5. The Balaban J connectivity index is 1.47. The van der Waals surface area contributed by atoms with E-state index in [2.05, 4.69) is 36.2 Å². The van der Waals surface area contributed by atoms with E-state index in [0.29, 0.717) is 6.54 Å². The molecule has 0 saturated carbocycles. The molecule has 5 rings (SSSR count). The number of thiazole rings is 1. The van der Waals surface area contributed by atoms with Crippen LogP contribution >= 0.6 is 23.1 Å². The number of thioether (sulfide) groups is 1. The van der Waals surface area contributed by atoms with Crippen molar-refractivity contribution in [3.8, 4) is 21.8 Å². The first-order valence-electron chi connectivity index (χ1n) is 11.2. The highest BCUT2D eigenvalue weighted by Gasteiger charge is 2.26. The summed E-state index contributed by atoms with van der Waals surface area (Å²) in [7, 11) is 0. The van der Waals surface area contributed by atoms with Crippen molar-refractivity contribution in [1.29, 1.82) is 0 Å². The molecule has 4 aromatic rings. The molecule has 1 fully saturated rings. The lowest BCUT2D eigenvalue weighted by atomic mass is 10.1. The number of carbonyl (C=O) groups excluding carboxylic acids is 1. The topological polar surface area (TPSA) is 58.5 Å². The van der Waals surface area contributed by atoms with Crippen LogP contribution in [0, 0.1) is 6.92 Å². The molecule has 0 spiro atoms. The van der Waals surface area contributed by atoms with Gasteiger partial charge >= 0.3 is 0 Å². The highest BCUT2D eigenvalue weighted by molar-refractivity contribution is 8.13. The zero-order valence-corrected chi connectivity index (χ0v) is 20.5. The minimum Gasteiger partial charge on any atom is -0.291 e. The summed E-state index contributed by atoms with van der Waals surface area (Å²) in [5, 5.41) is 1.65. The van der Waals surface area contributed by atoms with Gasteiger partial charge in [-0.05, 0) is 37.6 Å².